The summed E-state index contributed by atoms with van der Waals surface area (Å²) < 4.78 is 1.14. The zero-order valence-electron chi connectivity index (χ0n) is 11.1. The van der Waals surface area contributed by atoms with Gasteiger partial charge < -0.3 is 0 Å². The van der Waals surface area contributed by atoms with Crippen molar-refractivity contribution in [1.82, 2.24) is 0 Å². The minimum Gasteiger partial charge on any atom is -0.0990 e. The van der Waals surface area contributed by atoms with Crippen LogP contribution in [-0.4, -0.2) is 0 Å². The van der Waals surface area contributed by atoms with Gasteiger partial charge in [0.05, 0.1) is 0 Å². The average Bonchev–Trinajstić information content (AvgIpc) is 2.35. The molecule has 0 N–H and O–H groups in total. The number of hydrogen-bond donors (Lipinski definition) is 0. The van der Waals surface area contributed by atoms with Gasteiger partial charge in [-0.25, -0.2) is 0 Å². The van der Waals surface area contributed by atoms with Gasteiger partial charge in [0, 0.05) is 4.47 Å². The average molecular weight is 293 g/mol. The molecule has 0 heterocycles. The Morgan fingerprint density at radius 3 is 2.41 bits per heavy atom. The summed E-state index contributed by atoms with van der Waals surface area (Å²) in [5.41, 5.74) is 3.62. The molecule has 0 nitrogen and oxygen atoms in total. The largest absolute Gasteiger partial charge is 0.0990 e. The summed E-state index contributed by atoms with van der Waals surface area (Å²) >= 11 is 3.54. The van der Waals surface area contributed by atoms with E-state index in [2.05, 4.69) is 53.7 Å². The molecule has 17 heavy (non-hydrogen) atoms. The van der Waals surface area contributed by atoms with Crippen molar-refractivity contribution >= 4 is 21.5 Å². The molecule has 0 aliphatic rings. The summed E-state index contributed by atoms with van der Waals surface area (Å²) in [6.45, 7) is 11.8. The number of benzene rings is 1. The first kappa shape index (κ1) is 15.9. The number of allylic oxidation sites excluding steroid dienone is 5. The lowest BCUT2D eigenvalue weighted by atomic mass is 10.0. The van der Waals surface area contributed by atoms with Crippen LogP contribution >= 0.6 is 15.9 Å². The first-order valence-electron chi connectivity index (χ1n) is 5.91. The Morgan fingerprint density at radius 1 is 1.29 bits per heavy atom. The predicted molar refractivity (Wildman–Crippen MR) is 83.2 cm³/mol. The van der Waals surface area contributed by atoms with E-state index >= 15 is 0 Å². The van der Waals surface area contributed by atoms with E-state index in [0.717, 1.165) is 4.47 Å². The van der Waals surface area contributed by atoms with Crippen LogP contribution in [0.25, 0.3) is 5.57 Å². The predicted octanol–water partition coefficient (Wildman–Crippen LogP) is 5.93. The van der Waals surface area contributed by atoms with Crippen LogP contribution in [0.2, 0.25) is 0 Å². The fraction of sp³-hybridized carbons (Fsp3) is 0.250. The first-order chi connectivity index (χ1) is 8.19. The van der Waals surface area contributed by atoms with Crippen LogP contribution in [0.15, 0.2) is 53.6 Å². The quantitative estimate of drug-likeness (QED) is 0.606. The lowest BCUT2D eigenvalue weighted by molar-refractivity contribution is 1.41. The highest BCUT2D eigenvalue weighted by Gasteiger charge is 1.99. The molecule has 0 saturated heterocycles. The molecule has 92 valence electrons. The molecule has 1 rings (SSSR count). The second-order valence-electron chi connectivity index (χ2n) is 3.32. The van der Waals surface area contributed by atoms with E-state index in [1.54, 1.807) is 0 Å². The number of aryl methyl sites for hydroxylation is 1. The van der Waals surface area contributed by atoms with Crippen molar-refractivity contribution in [3.8, 4) is 0 Å². The van der Waals surface area contributed by atoms with Gasteiger partial charge >= 0.3 is 0 Å². The van der Waals surface area contributed by atoms with Crippen LogP contribution in [-0.2, 0) is 0 Å². The molecule has 0 bridgehead atoms. The molecule has 1 heteroatoms. The summed E-state index contributed by atoms with van der Waals surface area (Å²) in [6, 6.07) is 6.36. The second kappa shape index (κ2) is 9.00. The van der Waals surface area contributed by atoms with Crippen molar-refractivity contribution in [2.45, 2.75) is 27.7 Å². The Bertz CT molecular complexity index is 412. The third-order valence-corrected chi connectivity index (χ3v) is 3.00. The molecule has 0 aliphatic heterocycles. The SMILES string of the molecule is C=C/C=C(\C=C/C)c1ccc(C)c(Br)c1.CC. The molecular formula is C16H21Br. The van der Waals surface area contributed by atoms with Gasteiger partial charge in [0.1, 0.15) is 0 Å². The third kappa shape index (κ3) is 5.18. The molecule has 1 aromatic rings. The maximum Gasteiger partial charge on any atom is 0.0210 e. The van der Waals surface area contributed by atoms with Gasteiger partial charge in [0.25, 0.3) is 0 Å². The van der Waals surface area contributed by atoms with E-state index in [1.807, 2.05) is 39.0 Å². The summed E-state index contributed by atoms with van der Waals surface area (Å²) in [6.07, 6.45) is 7.93. The van der Waals surface area contributed by atoms with Crippen molar-refractivity contribution in [2.24, 2.45) is 0 Å². The Hall–Kier alpha value is -1.08. The third-order valence-electron chi connectivity index (χ3n) is 2.15. The van der Waals surface area contributed by atoms with Crippen LogP contribution < -0.4 is 0 Å². The van der Waals surface area contributed by atoms with Crippen molar-refractivity contribution in [2.75, 3.05) is 0 Å². The molecule has 0 radical (unpaired) electrons. The van der Waals surface area contributed by atoms with Crippen LogP contribution in [0, 0.1) is 6.92 Å². The molecule has 1 aromatic carbocycles. The van der Waals surface area contributed by atoms with E-state index in [1.165, 1.54) is 16.7 Å². The summed E-state index contributed by atoms with van der Waals surface area (Å²) in [5, 5.41) is 0. The van der Waals surface area contributed by atoms with Crippen molar-refractivity contribution in [3.05, 3.63) is 64.7 Å². The maximum absolute atomic E-state index is 3.73. The van der Waals surface area contributed by atoms with E-state index in [4.69, 9.17) is 0 Å². The molecule has 0 atom stereocenters. The van der Waals surface area contributed by atoms with Crippen LogP contribution in [0.1, 0.15) is 31.9 Å². The smallest absolute Gasteiger partial charge is 0.0210 e. The standard InChI is InChI=1S/C14H15Br.C2H6/c1-4-6-12(7-5-2)13-9-8-11(3)14(15)10-13;1-2/h4-10H,1H2,2-3H3;1-2H3/b7-5-,12-6+;. The molecule has 0 amide bonds. The Kier molecular flexibility index (Phi) is 8.43. The van der Waals surface area contributed by atoms with E-state index in [-0.39, 0.29) is 0 Å². The molecule has 0 aliphatic carbocycles. The highest BCUT2D eigenvalue weighted by atomic mass is 79.9. The van der Waals surface area contributed by atoms with E-state index in [0.29, 0.717) is 0 Å². The zero-order valence-corrected chi connectivity index (χ0v) is 12.7. The topological polar surface area (TPSA) is 0 Å². The van der Waals surface area contributed by atoms with Gasteiger partial charge in [0.2, 0.25) is 0 Å². The molecular weight excluding hydrogens is 272 g/mol. The Morgan fingerprint density at radius 2 is 1.94 bits per heavy atom. The number of halogens is 1. The van der Waals surface area contributed by atoms with Crippen LogP contribution in [0.5, 0.6) is 0 Å². The monoisotopic (exact) mass is 292 g/mol. The second-order valence-corrected chi connectivity index (χ2v) is 4.18. The van der Waals surface area contributed by atoms with Gasteiger partial charge in [-0.2, -0.15) is 0 Å². The Labute approximate surface area is 114 Å². The van der Waals surface area contributed by atoms with Crippen molar-refractivity contribution in [1.29, 1.82) is 0 Å². The van der Waals surface area contributed by atoms with Gasteiger partial charge in [-0.1, -0.05) is 72.8 Å². The molecule has 0 unspecified atom stereocenters. The van der Waals surface area contributed by atoms with Crippen molar-refractivity contribution < 1.29 is 0 Å². The van der Waals surface area contributed by atoms with Gasteiger partial charge in [-0.05, 0) is 36.6 Å². The highest BCUT2D eigenvalue weighted by molar-refractivity contribution is 9.10. The highest BCUT2D eigenvalue weighted by Crippen LogP contribution is 2.23. The molecule has 0 saturated carbocycles. The lowest BCUT2D eigenvalue weighted by Crippen LogP contribution is -1.83. The summed E-state index contributed by atoms with van der Waals surface area (Å²) in [5.74, 6) is 0. The van der Waals surface area contributed by atoms with Crippen molar-refractivity contribution in [3.63, 3.8) is 0 Å². The van der Waals surface area contributed by atoms with Crippen LogP contribution in [0.4, 0.5) is 0 Å². The number of hydrogen-bond acceptors (Lipinski definition) is 0. The molecule has 0 aromatic heterocycles. The van der Waals surface area contributed by atoms with Gasteiger partial charge in [0.15, 0.2) is 0 Å². The van der Waals surface area contributed by atoms with Crippen LogP contribution in [0.3, 0.4) is 0 Å². The fourth-order valence-corrected chi connectivity index (χ4v) is 1.71. The van der Waals surface area contributed by atoms with Gasteiger partial charge in [-0.15, -0.1) is 0 Å². The molecule has 0 spiro atoms. The van der Waals surface area contributed by atoms with E-state index in [9.17, 15) is 0 Å². The first-order valence-corrected chi connectivity index (χ1v) is 6.70. The number of rotatable bonds is 3. The normalized spacial score (nSPS) is 11.0. The minimum absolute atomic E-state index is 1.14. The fourth-order valence-electron chi connectivity index (χ4n) is 1.33. The maximum atomic E-state index is 3.73. The Balaban J connectivity index is 0.00000121. The summed E-state index contributed by atoms with van der Waals surface area (Å²) in [7, 11) is 0. The summed E-state index contributed by atoms with van der Waals surface area (Å²) in [4.78, 5) is 0. The zero-order chi connectivity index (χ0) is 13.3. The minimum atomic E-state index is 1.14. The lowest BCUT2D eigenvalue weighted by Gasteiger charge is -2.04. The van der Waals surface area contributed by atoms with Gasteiger partial charge in [-0.3, -0.25) is 0 Å². The molecule has 0 fully saturated rings. The van der Waals surface area contributed by atoms with E-state index < -0.39 is 0 Å².